The zero-order valence-corrected chi connectivity index (χ0v) is 9.22. The highest BCUT2D eigenvalue weighted by Crippen LogP contribution is 2.42. The van der Waals surface area contributed by atoms with E-state index in [1.165, 1.54) is 12.1 Å². The molecule has 0 aromatic heterocycles. The minimum absolute atomic E-state index is 0.0431. The second kappa shape index (κ2) is 4.50. The van der Waals surface area contributed by atoms with Crippen LogP contribution >= 0.6 is 0 Å². The van der Waals surface area contributed by atoms with E-state index in [1.54, 1.807) is 13.0 Å². The van der Waals surface area contributed by atoms with Gasteiger partial charge in [0.25, 0.3) is 0 Å². The van der Waals surface area contributed by atoms with E-state index in [-0.39, 0.29) is 11.5 Å². The summed E-state index contributed by atoms with van der Waals surface area (Å²) in [6.45, 7) is 2.42. The Balaban J connectivity index is 2.00. The number of rotatable bonds is 3. The first kappa shape index (κ1) is 11.5. The molecule has 1 aromatic rings. The van der Waals surface area contributed by atoms with E-state index in [2.05, 4.69) is 26.6 Å². The maximum Gasteiger partial charge on any atom is 0.586 e. The molecule has 1 N–H and O–H groups in total. The number of fused-ring (bicyclic) bond motifs is 1. The highest BCUT2D eigenvalue weighted by atomic mass is 19.3. The molecule has 2 rings (SSSR count). The third kappa shape index (κ3) is 2.78. The minimum atomic E-state index is -3.56. The standard InChI is InChI=1S/C12H11F2NO2/c1-2-3-4-7-15-9-5-6-10-11(8-9)17-12(13,14)16-10/h5-6,8,15H,4,7H2,1H3. The predicted octanol–water partition coefficient (Wildman–Crippen LogP) is 2.83. The lowest BCUT2D eigenvalue weighted by Gasteiger charge is -2.05. The molecule has 90 valence electrons. The van der Waals surface area contributed by atoms with Crippen LogP contribution in [-0.2, 0) is 0 Å². The topological polar surface area (TPSA) is 30.5 Å². The van der Waals surface area contributed by atoms with Crippen molar-refractivity contribution in [3.8, 4) is 23.3 Å². The van der Waals surface area contributed by atoms with Crippen molar-refractivity contribution in [1.82, 2.24) is 0 Å². The Morgan fingerprint density at radius 1 is 1.29 bits per heavy atom. The van der Waals surface area contributed by atoms with Crippen LogP contribution in [0.5, 0.6) is 11.5 Å². The average molecular weight is 239 g/mol. The number of alkyl halides is 2. The Morgan fingerprint density at radius 3 is 2.82 bits per heavy atom. The Morgan fingerprint density at radius 2 is 2.06 bits per heavy atom. The van der Waals surface area contributed by atoms with Crippen molar-refractivity contribution >= 4 is 5.69 Å². The van der Waals surface area contributed by atoms with Crippen LogP contribution < -0.4 is 14.8 Å². The summed E-state index contributed by atoms with van der Waals surface area (Å²) in [5, 5.41) is 3.05. The van der Waals surface area contributed by atoms with Crippen LogP contribution in [0.1, 0.15) is 13.3 Å². The fraction of sp³-hybridized carbons (Fsp3) is 0.333. The van der Waals surface area contributed by atoms with E-state index in [0.29, 0.717) is 18.7 Å². The van der Waals surface area contributed by atoms with Gasteiger partial charge in [-0.15, -0.1) is 20.6 Å². The largest absolute Gasteiger partial charge is 0.586 e. The van der Waals surface area contributed by atoms with Crippen molar-refractivity contribution in [2.45, 2.75) is 19.6 Å². The van der Waals surface area contributed by atoms with Gasteiger partial charge in [-0.2, -0.15) is 0 Å². The van der Waals surface area contributed by atoms with E-state index < -0.39 is 6.29 Å². The summed E-state index contributed by atoms with van der Waals surface area (Å²) in [6.07, 6.45) is -2.87. The zero-order valence-electron chi connectivity index (χ0n) is 9.22. The number of benzene rings is 1. The van der Waals surface area contributed by atoms with Gasteiger partial charge in [0.2, 0.25) is 0 Å². The molecule has 0 bridgehead atoms. The van der Waals surface area contributed by atoms with Gasteiger partial charge in [0.05, 0.1) is 0 Å². The van der Waals surface area contributed by atoms with Crippen LogP contribution in [-0.4, -0.2) is 12.8 Å². The van der Waals surface area contributed by atoms with E-state index in [0.717, 1.165) is 0 Å². The summed E-state index contributed by atoms with van der Waals surface area (Å²) in [4.78, 5) is 0. The summed E-state index contributed by atoms with van der Waals surface area (Å²) in [5.41, 5.74) is 0.697. The second-order valence-corrected chi connectivity index (χ2v) is 3.43. The minimum Gasteiger partial charge on any atom is -0.395 e. The Bertz CT molecular complexity index is 477. The average Bonchev–Trinajstić information content (AvgIpc) is 2.57. The molecule has 1 aromatic carbocycles. The molecule has 0 radical (unpaired) electrons. The highest BCUT2D eigenvalue weighted by Gasteiger charge is 2.43. The fourth-order valence-electron chi connectivity index (χ4n) is 1.45. The van der Waals surface area contributed by atoms with Crippen LogP contribution in [0.2, 0.25) is 0 Å². The normalized spacial score (nSPS) is 15.0. The first-order chi connectivity index (χ1) is 8.11. The van der Waals surface area contributed by atoms with Crippen molar-refractivity contribution < 1.29 is 18.3 Å². The molecular formula is C12H11F2NO2. The van der Waals surface area contributed by atoms with Gasteiger partial charge in [-0.25, -0.2) is 0 Å². The summed E-state index contributed by atoms with van der Waals surface area (Å²) in [5.74, 6) is 5.76. The van der Waals surface area contributed by atoms with Crippen molar-refractivity contribution in [1.29, 1.82) is 0 Å². The number of anilines is 1. The quantitative estimate of drug-likeness (QED) is 0.650. The Kier molecular flexibility index (Phi) is 3.05. The molecule has 0 saturated heterocycles. The summed E-state index contributed by atoms with van der Waals surface area (Å²) in [7, 11) is 0. The maximum atomic E-state index is 12.7. The molecule has 3 nitrogen and oxygen atoms in total. The summed E-state index contributed by atoms with van der Waals surface area (Å²) >= 11 is 0. The van der Waals surface area contributed by atoms with Crippen molar-refractivity contribution in [2.24, 2.45) is 0 Å². The fourth-order valence-corrected chi connectivity index (χ4v) is 1.45. The molecule has 0 saturated carbocycles. The Hall–Kier alpha value is -1.96. The Labute approximate surface area is 97.7 Å². The van der Waals surface area contributed by atoms with Crippen LogP contribution in [0.15, 0.2) is 18.2 Å². The molecule has 0 spiro atoms. The third-order valence-corrected chi connectivity index (χ3v) is 2.16. The van der Waals surface area contributed by atoms with Gasteiger partial charge in [-0.1, -0.05) is 0 Å². The monoisotopic (exact) mass is 239 g/mol. The molecule has 17 heavy (non-hydrogen) atoms. The van der Waals surface area contributed by atoms with Gasteiger partial charge in [0, 0.05) is 24.7 Å². The molecule has 0 unspecified atom stereocenters. The van der Waals surface area contributed by atoms with E-state index >= 15 is 0 Å². The molecular weight excluding hydrogens is 228 g/mol. The number of ether oxygens (including phenoxy) is 2. The SMILES string of the molecule is CC#CCCNc1ccc2c(c1)OC(F)(F)O2. The van der Waals surface area contributed by atoms with Crippen LogP contribution in [0, 0.1) is 11.8 Å². The van der Waals surface area contributed by atoms with E-state index in [9.17, 15) is 8.78 Å². The number of halogens is 2. The molecule has 0 fully saturated rings. The number of hydrogen-bond acceptors (Lipinski definition) is 3. The molecule has 0 aliphatic carbocycles. The van der Waals surface area contributed by atoms with Crippen molar-refractivity contribution in [2.75, 3.05) is 11.9 Å². The third-order valence-electron chi connectivity index (χ3n) is 2.16. The molecule has 0 atom stereocenters. The first-order valence-electron chi connectivity index (χ1n) is 5.14. The van der Waals surface area contributed by atoms with Crippen molar-refractivity contribution in [3.05, 3.63) is 18.2 Å². The molecule has 5 heteroatoms. The highest BCUT2D eigenvalue weighted by molar-refractivity contribution is 5.55. The predicted molar refractivity (Wildman–Crippen MR) is 59.2 cm³/mol. The number of nitrogens with one attached hydrogen (secondary N) is 1. The second-order valence-electron chi connectivity index (χ2n) is 3.43. The number of hydrogen-bond donors (Lipinski definition) is 1. The first-order valence-corrected chi connectivity index (χ1v) is 5.14. The van der Waals surface area contributed by atoms with Crippen molar-refractivity contribution in [3.63, 3.8) is 0 Å². The van der Waals surface area contributed by atoms with Gasteiger partial charge in [-0.05, 0) is 19.1 Å². The molecule has 0 amide bonds. The van der Waals surface area contributed by atoms with Crippen LogP contribution in [0.25, 0.3) is 0 Å². The zero-order chi connectivity index (χ0) is 12.3. The lowest BCUT2D eigenvalue weighted by atomic mass is 10.2. The summed E-state index contributed by atoms with van der Waals surface area (Å²) in [6, 6.07) is 4.59. The molecule has 1 aliphatic heterocycles. The lowest BCUT2D eigenvalue weighted by molar-refractivity contribution is -0.286. The van der Waals surface area contributed by atoms with Crippen LogP contribution in [0.3, 0.4) is 0 Å². The maximum absolute atomic E-state index is 12.7. The van der Waals surface area contributed by atoms with Gasteiger partial charge in [0.15, 0.2) is 11.5 Å². The molecule has 1 aliphatic rings. The smallest absolute Gasteiger partial charge is 0.395 e. The van der Waals surface area contributed by atoms with Crippen LogP contribution in [0.4, 0.5) is 14.5 Å². The van der Waals surface area contributed by atoms with E-state index in [1.807, 2.05) is 0 Å². The summed E-state index contributed by atoms with van der Waals surface area (Å²) < 4.78 is 34.1. The van der Waals surface area contributed by atoms with Gasteiger partial charge >= 0.3 is 6.29 Å². The lowest BCUT2D eigenvalue weighted by Crippen LogP contribution is -2.25. The van der Waals surface area contributed by atoms with E-state index in [4.69, 9.17) is 0 Å². The van der Waals surface area contributed by atoms with Gasteiger partial charge in [0.1, 0.15) is 0 Å². The van der Waals surface area contributed by atoms with Gasteiger partial charge in [-0.3, -0.25) is 0 Å². The molecule has 1 heterocycles. The van der Waals surface area contributed by atoms with Gasteiger partial charge < -0.3 is 14.8 Å².